The molecule has 0 aliphatic heterocycles. The Morgan fingerprint density at radius 3 is 2.50 bits per heavy atom. The predicted octanol–water partition coefficient (Wildman–Crippen LogP) is 3.88. The minimum atomic E-state index is -1.54. The van der Waals surface area contributed by atoms with E-state index in [4.69, 9.17) is 4.42 Å². The summed E-state index contributed by atoms with van der Waals surface area (Å²) in [7, 11) is 0.984. The summed E-state index contributed by atoms with van der Waals surface area (Å²) in [6.07, 6.45) is 0. The second-order valence-electron chi connectivity index (χ2n) is 4.89. The van der Waals surface area contributed by atoms with Gasteiger partial charge in [0, 0.05) is 6.92 Å². The summed E-state index contributed by atoms with van der Waals surface area (Å²) in [5.41, 5.74) is -0.559. The van der Waals surface area contributed by atoms with Crippen LogP contribution in [0.25, 0.3) is 22.6 Å². The van der Waals surface area contributed by atoms with Crippen LogP contribution in [-0.4, -0.2) is 18.0 Å². The summed E-state index contributed by atoms with van der Waals surface area (Å²) in [4.78, 5) is 15.3. The van der Waals surface area contributed by atoms with Crippen molar-refractivity contribution in [1.82, 2.24) is 4.98 Å². The number of carbonyl (C=O) groups is 1. The Morgan fingerprint density at radius 1 is 1.17 bits per heavy atom. The van der Waals surface area contributed by atoms with Crippen LogP contribution in [0.4, 0.5) is 18.9 Å². The summed E-state index contributed by atoms with van der Waals surface area (Å²) in [6.45, 7) is 1.10. The lowest BCUT2D eigenvalue weighted by Gasteiger charge is -2.14. The largest absolute Gasteiger partial charge is 0.491 e. The molecule has 2 aromatic carbocycles. The Bertz CT molecular complexity index is 920. The van der Waals surface area contributed by atoms with Crippen molar-refractivity contribution in [2.45, 2.75) is 6.92 Å². The van der Waals surface area contributed by atoms with Gasteiger partial charge in [-0.3, -0.25) is 4.79 Å². The molecule has 124 valence electrons. The van der Waals surface area contributed by atoms with Crippen molar-refractivity contribution in [1.29, 1.82) is 0 Å². The molecule has 0 spiro atoms. The molecule has 0 fully saturated rings. The zero-order valence-electron chi connectivity index (χ0n) is 12.6. The first kappa shape index (κ1) is 15.9. The highest BCUT2D eigenvalue weighted by Crippen LogP contribution is 2.40. The van der Waals surface area contributed by atoms with Gasteiger partial charge in [0.05, 0.1) is 12.8 Å². The fourth-order valence-corrected chi connectivity index (χ4v) is 2.29. The molecule has 3 aromatic rings. The number of rotatable bonds is 3. The van der Waals surface area contributed by atoms with E-state index in [0.717, 1.165) is 14.0 Å². The molecule has 0 radical (unpaired) electrons. The standard InChI is InChI=1S/C16H11F3N2O3/c1-7(22)20-14-10(11(17)12(18)15(23-2)13(14)19)16-21-8-5-3-4-6-9(8)24-16/h3-6H,1-2H3,(H,20,22). The highest BCUT2D eigenvalue weighted by Gasteiger charge is 2.30. The number of amides is 1. The van der Waals surface area contributed by atoms with Crippen LogP contribution < -0.4 is 10.1 Å². The van der Waals surface area contributed by atoms with Gasteiger partial charge in [0.2, 0.25) is 17.6 Å². The molecule has 3 rings (SSSR count). The zero-order valence-corrected chi connectivity index (χ0v) is 12.6. The number of hydrogen-bond acceptors (Lipinski definition) is 4. The van der Waals surface area contributed by atoms with E-state index in [9.17, 15) is 18.0 Å². The van der Waals surface area contributed by atoms with E-state index in [1.165, 1.54) is 0 Å². The lowest BCUT2D eigenvalue weighted by molar-refractivity contribution is -0.114. The molecule has 0 atom stereocenters. The number of oxazole rings is 1. The Morgan fingerprint density at radius 2 is 1.88 bits per heavy atom. The number of nitrogens with one attached hydrogen (secondary N) is 1. The number of aromatic nitrogens is 1. The Labute approximate surface area is 134 Å². The van der Waals surface area contributed by atoms with Gasteiger partial charge in [-0.2, -0.15) is 4.39 Å². The molecule has 5 nitrogen and oxygen atoms in total. The van der Waals surface area contributed by atoms with E-state index in [2.05, 4.69) is 15.0 Å². The van der Waals surface area contributed by atoms with Crippen LogP contribution in [0.15, 0.2) is 28.7 Å². The van der Waals surface area contributed by atoms with Gasteiger partial charge < -0.3 is 14.5 Å². The topological polar surface area (TPSA) is 64.4 Å². The first-order valence-corrected chi connectivity index (χ1v) is 6.82. The van der Waals surface area contributed by atoms with Crippen molar-refractivity contribution in [2.24, 2.45) is 0 Å². The van der Waals surface area contributed by atoms with E-state index in [0.29, 0.717) is 11.1 Å². The van der Waals surface area contributed by atoms with Gasteiger partial charge in [-0.1, -0.05) is 12.1 Å². The van der Waals surface area contributed by atoms with Crippen molar-refractivity contribution >= 4 is 22.7 Å². The van der Waals surface area contributed by atoms with Gasteiger partial charge in [0.1, 0.15) is 11.1 Å². The maximum Gasteiger partial charge on any atom is 0.232 e. The Hall–Kier alpha value is -3.03. The van der Waals surface area contributed by atoms with Gasteiger partial charge in [-0.05, 0) is 12.1 Å². The molecule has 0 aliphatic carbocycles. The normalized spacial score (nSPS) is 10.9. The third kappa shape index (κ3) is 2.45. The number of para-hydroxylation sites is 2. The molecule has 0 unspecified atom stereocenters. The molecule has 0 aliphatic rings. The van der Waals surface area contributed by atoms with Crippen molar-refractivity contribution in [3.63, 3.8) is 0 Å². The number of anilines is 1. The zero-order chi connectivity index (χ0) is 17.4. The third-order valence-corrected chi connectivity index (χ3v) is 3.29. The SMILES string of the molecule is COc1c(F)c(F)c(-c2nc3ccccc3o2)c(NC(C)=O)c1F. The van der Waals surface area contributed by atoms with Gasteiger partial charge in [0.25, 0.3) is 0 Å². The summed E-state index contributed by atoms with van der Waals surface area (Å²) in [6, 6.07) is 6.50. The maximum absolute atomic E-state index is 14.5. The van der Waals surface area contributed by atoms with E-state index < -0.39 is 40.4 Å². The average Bonchev–Trinajstić information content (AvgIpc) is 2.96. The number of hydrogen-bond donors (Lipinski definition) is 1. The fourth-order valence-electron chi connectivity index (χ4n) is 2.29. The molecule has 0 saturated heterocycles. The minimum Gasteiger partial charge on any atom is -0.491 e. The molecule has 1 N–H and O–H groups in total. The second kappa shape index (κ2) is 5.88. The van der Waals surface area contributed by atoms with E-state index in [-0.39, 0.29) is 5.89 Å². The van der Waals surface area contributed by atoms with Crippen LogP contribution in [-0.2, 0) is 4.79 Å². The summed E-state index contributed by atoms with van der Waals surface area (Å²) < 4.78 is 52.9. The van der Waals surface area contributed by atoms with Crippen molar-refractivity contribution in [3.05, 3.63) is 41.7 Å². The number of nitrogens with zero attached hydrogens (tertiary/aromatic N) is 1. The van der Waals surface area contributed by atoms with Crippen molar-refractivity contribution in [2.75, 3.05) is 12.4 Å². The average molecular weight is 336 g/mol. The van der Waals surface area contributed by atoms with Crippen LogP contribution in [0.3, 0.4) is 0 Å². The quantitative estimate of drug-likeness (QED) is 0.737. The van der Waals surface area contributed by atoms with Crippen molar-refractivity contribution < 1.29 is 27.1 Å². The lowest BCUT2D eigenvalue weighted by atomic mass is 10.1. The van der Waals surface area contributed by atoms with Crippen LogP contribution in [0.1, 0.15) is 6.92 Å². The number of methoxy groups -OCH3 is 1. The number of benzene rings is 2. The van der Waals surface area contributed by atoms with Crippen LogP contribution >= 0.6 is 0 Å². The molecular weight excluding hydrogens is 325 g/mol. The smallest absolute Gasteiger partial charge is 0.232 e. The predicted molar refractivity (Wildman–Crippen MR) is 80.2 cm³/mol. The highest BCUT2D eigenvalue weighted by molar-refractivity contribution is 5.94. The van der Waals surface area contributed by atoms with Gasteiger partial charge in [0.15, 0.2) is 23.0 Å². The molecular formula is C16H11F3N2O3. The molecule has 1 amide bonds. The van der Waals surface area contributed by atoms with E-state index in [1.54, 1.807) is 24.3 Å². The number of fused-ring (bicyclic) bond motifs is 1. The molecule has 1 heterocycles. The van der Waals surface area contributed by atoms with E-state index in [1.807, 2.05) is 0 Å². The molecule has 0 saturated carbocycles. The summed E-state index contributed by atoms with van der Waals surface area (Å²) in [5, 5.41) is 2.13. The van der Waals surface area contributed by atoms with Crippen LogP contribution in [0.2, 0.25) is 0 Å². The Balaban J connectivity index is 2.34. The van der Waals surface area contributed by atoms with Gasteiger partial charge >= 0.3 is 0 Å². The number of halogens is 3. The number of carbonyl (C=O) groups excluding carboxylic acids is 1. The first-order valence-electron chi connectivity index (χ1n) is 6.82. The molecule has 24 heavy (non-hydrogen) atoms. The van der Waals surface area contributed by atoms with Crippen LogP contribution in [0, 0.1) is 17.5 Å². The third-order valence-electron chi connectivity index (χ3n) is 3.29. The first-order chi connectivity index (χ1) is 11.4. The molecule has 0 bridgehead atoms. The summed E-state index contributed by atoms with van der Waals surface area (Å²) in [5.74, 6) is -6.23. The molecule has 1 aromatic heterocycles. The van der Waals surface area contributed by atoms with Gasteiger partial charge in [-0.15, -0.1) is 0 Å². The highest BCUT2D eigenvalue weighted by atomic mass is 19.2. The second-order valence-corrected chi connectivity index (χ2v) is 4.89. The van der Waals surface area contributed by atoms with Gasteiger partial charge in [-0.25, -0.2) is 13.8 Å². The monoisotopic (exact) mass is 336 g/mol. The lowest BCUT2D eigenvalue weighted by Crippen LogP contribution is -2.12. The maximum atomic E-state index is 14.5. The van der Waals surface area contributed by atoms with E-state index >= 15 is 0 Å². The minimum absolute atomic E-state index is 0.303. The van der Waals surface area contributed by atoms with Crippen molar-refractivity contribution in [3.8, 4) is 17.2 Å². The molecule has 8 heteroatoms. The Kier molecular flexibility index (Phi) is 3.88. The summed E-state index contributed by atoms with van der Waals surface area (Å²) >= 11 is 0. The van der Waals surface area contributed by atoms with Crippen LogP contribution in [0.5, 0.6) is 5.75 Å². The fraction of sp³-hybridized carbons (Fsp3) is 0.125. The number of ether oxygens (including phenoxy) is 1.